The first-order valence-electron chi connectivity index (χ1n) is 9.57. The highest BCUT2D eigenvalue weighted by molar-refractivity contribution is 6.33. The van der Waals surface area contributed by atoms with Crippen LogP contribution in [-0.4, -0.2) is 48.0 Å². The third kappa shape index (κ3) is 5.52. The Morgan fingerprint density at radius 2 is 1.80 bits per heavy atom. The van der Waals surface area contributed by atoms with Gasteiger partial charge in [0.2, 0.25) is 0 Å². The largest absolute Gasteiger partial charge is 0.492 e. The summed E-state index contributed by atoms with van der Waals surface area (Å²) in [4.78, 5) is 14.5. The normalized spacial score (nSPS) is 10.9. The maximum Gasteiger partial charge on any atom is 0.323 e. The van der Waals surface area contributed by atoms with Crippen molar-refractivity contribution >= 4 is 29.0 Å². The molecule has 7 nitrogen and oxygen atoms in total. The summed E-state index contributed by atoms with van der Waals surface area (Å²) < 4.78 is 7.67. The highest BCUT2D eigenvalue weighted by Gasteiger charge is 2.16. The van der Waals surface area contributed by atoms with Crippen molar-refractivity contribution in [3.05, 3.63) is 59.2 Å². The van der Waals surface area contributed by atoms with Gasteiger partial charge in [0.25, 0.3) is 0 Å². The minimum absolute atomic E-state index is 0.331. The fraction of sp³-hybridized carbons (Fsp3) is 0.273. The lowest BCUT2D eigenvalue weighted by Gasteiger charge is -2.16. The van der Waals surface area contributed by atoms with Crippen LogP contribution in [0.25, 0.3) is 11.3 Å². The van der Waals surface area contributed by atoms with E-state index in [2.05, 4.69) is 15.7 Å². The van der Waals surface area contributed by atoms with Crippen LogP contribution in [-0.2, 0) is 7.05 Å². The molecule has 3 aromatic rings. The fourth-order valence-electron chi connectivity index (χ4n) is 2.90. The zero-order valence-corrected chi connectivity index (χ0v) is 18.3. The molecule has 2 amide bonds. The van der Waals surface area contributed by atoms with Gasteiger partial charge in [0.05, 0.1) is 16.9 Å². The monoisotopic (exact) mass is 427 g/mol. The maximum absolute atomic E-state index is 12.4. The van der Waals surface area contributed by atoms with E-state index in [-0.39, 0.29) is 6.03 Å². The predicted octanol–water partition coefficient (Wildman–Crippen LogP) is 4.63. The van der Waals surface area contributed by atoms with Crippen molar-refractivity contribution in [3.63, 3.8) is 0 Å². The number of aromatic nitrogens is 2. The smallest absolute Gasteiger partial charge is 0.323 e. The highest BCUT2D eigenvalue weighted by atomic mass is 35.5. The number of ether oxygens (including phenoxy) is 1. The number of carbonyl (C=O) groups is 1. The number of amides is 2. The van der Waals surface area contributed by atoms with Crippen molar-refractivity contribution in [2.45, 2.75) is 6.92 Å². The van der Waals surface area contributed by atoms with Gasteiger partial charge in [-0.15, -0.1) is 0 Å². The number of rotatable bonds is 7. The second kappa shape index (κ2) is 9.65. The Morgan fingerprint density at radius 3 is 2.43 bits per heavy atom. The Labute approximate surface area is 181 Å². The van der Waals surface area contributed by atoms with E-state index in [0.717, 1.165) is 29.1 Å². The van der Waals surface area contributed by atoms with Crippen molar-refractivity contribution in [1.82, 2.24) is 14.7 Å². The molecule has 0 aliphatic rings. The van der Waals surface area contributed by atoms with Gasteiger partial charge in [0.15, 0.2) is 0 Å². The van der Waals surface area contributed by atoms with E-state index in [1.807, 2.05) is 69.4 Å². The average molecular weight is 428 g/mol. The van der Waals surface area contributed by atoms with Gasteiger partial charge in [0, 0.05) is 30.5 Å². The van der Waals surface area contributed by atoms with Crippen LogP contribution in [0.5, 0.6) is 5.75 Å². The number of carbonyl (C=O) groups excluding carboxylic acids is 1. The molecule has 2 aromatic carbocycles. The Bertz CT molecular complexity index is 995. The molecule has 0 bridgehead atoms. The molecule has 0 spiro atoms. The molecule has 0 saturated carbocycles. The third-order valence-electron chi connectivity index (χ3n) is 4.49. The molecule has 0 aliphatic heterocycles. The number of urea groups is 1. The van der Waals surface area contributed by atoms with E-state index < -0.39 is 0 Å². The van der Waals surface area contributed by atoms with E-state index in [4.69, 9.17) is 16.3 Å². The fourth-order valence-corrected chi connectivity index (χ4v) is 3.17. The molecule has 30 heavy (non-hydrogen) atoms. The zero-order chi connectivity index (χ0) is 21.7. The van der Waals surface area contributed by atoms with E-state index in [9.17, 15) is 4.79 Å². The molecule has 8 heteroatoms. The van der Waals surface area contributed by atoms with Crippen LogP contribution in [0.15, 0.2) is 48.7 Å². The molecule has 0 aliphatic carbocycles. The van der Waals surface area contributed by atoms with Crippen molar-refractivity contribution in [2.24, 2.45) is 7.05 Å². The molecular weight excluding hydrogens is 402 g/mol. The molecular formula is C22H26ClN5O2. The summed E-state index contributed by atoms with van der Waals surface area (Å²) in [5.41, 5.74) is 3.94. The van der Waals surface area contributed by atoms with Crippen LogP contribution in [0.2, 0.25) is 5.02 Å². The molecule has 3 rings (SSSR count). The summed E-state index contributed by atoms with van der Waals surface area (Å²) in [5.74, 6) is 0.673. The van der Waals surface area contributed by atoms with E-state index in [0.29, 0.717) is 23.1 Å². The van der Waals surface area contributed by atoms with Gasteiger partial charge in [-0.05, 0) is 51.4 Å². The zero-order valence-electron chi connectivity index (χ0n) is 17.6. The van der Waals surface area contributed by atoms with E-state index in [1.54, 1.807) is 16.9 Å². The minimum atomic E-state index is -0.331. The number of nitrogens with one attached hydrogen (secondary N) is 2. The number of aryl methyl sites for hydroxylation is 2. The average Bonchev–Trinajstić information content (AvgIpc) is 3.02. The van der Waals surface area contributed by atoms with Gasteiger partial charge >= 0.3 is 6.03 Å². The second-order valence-electron chi connectivity index (χ2n) is 7.27. The van der Waals surface area contributed by atoms with Crippen molar-refractivity contribution < 1.29 is 9.53 Å². The first kappa shape index (κ1) is 21.7. The molecule has 1 heterocycles. The van der Waals surface area contributed by atoms with Crippen molar-refractivity contribution in [1.29, 1.82) is 0 Å². The molecule has 1 aromatic heterocycles. The highest BCUT2D eigenvalue weighted by Crippen LogP contribution is 2.36. The summed E-state index contributed by atoms with van der Waals surface area (Å²) in [7, 11) is 5.79. The van der Waals surface area contributed by atoms with Gasteiger partial charge < -0.3 is 20.3 Å². The number of nitrogens with zero attached hydrogens (tertiary/aromatic N) is 3. The summed E-state index contributed by atoms with van der Waals surface area (Å²) in [6.45, 7) is 3.30. The van der Waals surface area contributed by atoms with Gasteiger partial charge in [0.1, 0.15) is 12.4 Å². The summed E-state index contributed by atoms with van der Waals surface area (Å²) in [6.07, 6.45) is 1.59. The molecule has 0 radical (unpaired) electrons. The lowest BCUT2D eigenvalue weighted by molar-refractivity contribution is 0.261. The molecule has 0 saturated heterocycles. The van der Waals surface area contributed by atoms with Gasteiger partial charge in [-0.2, -0.15) is 5.10 Å². The van der Waals surface area contributed by atoms with Crippen LogP contribution >= 0.6 is 11.6 Å². The number of hydrogen-bond donors (Lipinski definition) is 2. The predicted molar refractivity (Wildman–Crippen MR) is 122 cm³/mol. The lowest BCUT2D eigenvalue weighted by atomic mass is 10.1. The van der Waals surface area contributed by atoms with E-state index in [1.165, 1.54) is 0 Å². The number of likely N-dealkylation sites (N-methyl/N-ethyl adjacent to an activating group) is 1. The van der Waals surface area contributed by atoms with Gasteiger partial charge in [-0.3, -0.25) is 4.68 Å². The standard InChI is InChI=1S/C22H26ClN5O2/c1-15-5-7-16(8-6-15)25-22(29)26-17-9-10-20(30-12-11-27(2)3)18(13-17)21-19(23)14-24-28(21)4/h5-10,13-14H,11-12H2,1-4H3,(H2,25,26,29). The molecule has 0 fully saturated rings. The molecule has 158 valence electrons. The maximum atomic E-state index is 12.4. The molecule has 0 unspecified atom stereocenters. The Balaban J connectivity index is 1.82. The SMILES string of the molecule is Cc1ccc(NC(=O)Nc2ccc(OCCN(C)C)c(-c3c(Cl)cnn3C)c2)cc1. The van der Waals surface area contributed by atoms with Gasteiger partial charge in [-0.1, -0.05) is 29.3 Å². The first-order valence-corrected chi connectivity index (χ1v) is 9.95. The molecule has 2 N–H and O–H groups in total. The van der Waals surface area contributed by atoms with Crippen molar-refractivity contribution in [2.75, 3.05) is 37.9 Å². The number of benzene rings is 2. The van der Waals surface area contributed by atoms with Crippen molar-refractivity contribution in [3.8, 4) is 17.0 Å². The van der Waals surface area contributed by atoms with E-state index >= 15 is 0 Å². The van der Waals surface area contributed by atoms with Crippen LogP contribution in [0.1, 0.15) is 5.56 Å². The number of hydrogen-bond acceptors (Lipinski definition) is 4. The number of anilines is 2. The minimum Gasteiger partial charge on any atom is -0.492 e. The summed E-state index contributed by atoms with van der Waals surface area (Å²) >= 11 is 6.37. The number of halogens is 1. The summed E-state index contributed by atoms with van der Waals surface area (Å²) in [5, 5.41) is 10.4. The quantitative estimate of drug-likeness (QED) is 0.576. The molecule has 0 atom stereocenters. The first-order chi connectivity index (χ1) is 14.3. The van der Waals surface area contributed by atoms with Crippen LogP contribution in [0.4, 0.5) is 16.2 Å². The topological polar surface area (TPSA) is 71.4 Å². The third-order valence-corrected chi connectivity index (χ3v) is 4.77. The van der Waals surface area contributed by atoms with Crippen LogP contribution in [0, 0.1) is 6.92 Å². The Hall–Kier alpha value is -3.03. The Kier molecular flexibility index (Phi) is 6.97. The second-order valence-corrected chi connectivity index (χ2v) is 7.68. The van der Waals surface area contributed by atoms with Crippen LogP contribution in [0.3, 0.4) is 0 Å². The Morgan fingerprint density at radius 1 is 1.13 bits per heavy atom. The lowest BCUT2D eigenvalue weighted by Crippen LogP contribution is -2.20. The summed E-state index contributed by atoms with van der Waals surface area (Å²) in [6, 6.07) is 12.7. The van der Waals surface area contributed by atoms with Gasteiger partial charge in [-0.25, -0.2) is 4.79 Å². The van der Waals surface area contributed by atoms with Crippen LogP contribution < -0.4 is 15.4 Å².